The van der Waals surface area contributed by atoms with Crippen molar-refractivity contribution >= 4 is 22.9 Å². The van der Waals surface area contributed by atoms with Gasteiger partial charge in [-0.1, -0.05) is 19.1 Å². The maximum absolute atomic E-state index is 13.0. The number of morpholine rings is 1. The largest absolute Gasteiger partial charge is 0.417 e. The number of alkyl halides is 3. The fourth-order valence-corrected chi connectivity index (χ4v) is 2.55. The smallest absolute Gasteiger partial charge is 0.389 e. The van der Waals surface area contributed by atoms with Crippen LogP contribution in [0.15, 0.2) is 18.2 Å². The van der Waals surface area contributed by atoms with E-state index in [1.165, 1.54) is 12.1 Å². The van der Waals surface area contributed by atoms with Gasteiger partial charge in [0.2, 0.25) is 0 Å². The molecule has 1 aromatic rings. The molecule has 21 heavy (non-hydrogen) atoms. The summed E-state index contributed by atoms with van der Waals surface area (Å²) >= 11 is 4.76. The Bertz CT molecular complexity index is 533. The predicted molar refractivity (Wildman–Crippen MR) is 79.6 cm³/mol. The summed E-state index contributed by atoms with van der Waals surface area (Å²) in [6.07, 6.45) is -3.51. The van der Waals surface area contributed by atoms with E-state index in [1.54, 1.807) is 0 Å². The first-order valence-corrected chi connectivity index (χ1v) is 7.11. The van der Waals surface area contributed by atoms with Crippen molar-refractivity contribution in [2.24, 2.45) is 5.73 Å². The molecule has 0 spiro atoms. The first kappa shape index (κ1) is 16.0. The van der Waals surface area contributed by atoms with Gasteiger partial charge < -0.3 is 15.4 Å². The molecule has 116 valence electrons. The lowest BCUT2D eigenvalue weighted by molar-refractivity contribution is -0.137. The van der Waals surface area contributed by atoms with Gasteiger partial charge in [0.15, 0.2) is 0 Å². The van der Waals surface area contributed by atoms with E-state index >= 15 is 0 Å². The van der Waals surface area contributed by atoms with Crippen molar-refractivity contribution in [3.8, 4) is 0 Å². The summed E-state index contributed by atoms with van der Waals surface area (Å²) < 4.78 is 44.4. The van der Waals surface area contributed by atoms with Crippen LogP contribution in [0.4, 0.5) is 18.9 Å². The van der Waals surface area contributed by atoms with E-state index in [-0.39, 0.29) is 16.7 Å². The number of rotatable bonds is 3. The maximum atomic E-state index is 13.0. The van der Waals surface area contributed by atoms with Crippen molar-refractivity contribution < 1.29 is 17.9 Å². The lowest BCUT2D eigenvalue weighted by atomic mass is 10.0. The third-order valence-electron chi connectivity index (χ3n) is 3.53. The number of hydrogen-bond donors (Lipinski definition) is 1. The quantitative estimate of drug-likeness (QED) is 0.870. The van der Waals surface area contributed by atoms with Crippen LogP contribution in [-0.2, 0) is 10.9 Å². The maximum Gasteiger partial charge on any atom is 0.417 e. The van der Waals surface area contributed by atoms with Gasteiger partial charge in [-0.05, 0) is 24.6 Å². The van der Waals surface area contributed by atoms with E-state index in [0.29, 0.717) is 25.4 Å². The van der Waals surface area contributed by atoms with Crippen LogP contribution in [0.1, 0.15) is 24.5 Å². The first-order valence-electron chi connectivity index (χ1n) is 6.70. The zero-order valence-electron chi connectivity index (χ0n) is 11.6. The van der Waals surface area contributed by atoms with Crippen LogP contribution in [0.2, 0.25) is 0 Å². The average molecular weight is 318 g/mol. The molecule has 0 bridgehead atoms. The molecule has 1 heterocycles. The van der Waals surface area contributed by atoms with Gasteiger partial charge in [0.25, 0.3) is 0 Å². The molecule has 1 aromatic carbocycles. The number of anilines is 1. The zero-order valence-corrected chi connectivity index (χ0v) is 12.4. The number of nitrogens with two attached hydrogens (primary N) is 1. The second-order valence-corrected chi connectivity index (χ2v) is 5.38. The molecule has 1 atom stereocenters. The Hall–Kier alpha value is -1.34. The van der Waals surface area contributed by atoms with Crippen LogP contribution < -0.4 is 10.6 Å². The summed E-state index contributed by atoms with van der Waals surface area (Å²) in [5.41, 5.74) is 5.22. The molecule has 1 fully saturated rings. The summed E-state index contributed by atoms with van der Waals surface area (Å²) in [6, 6.07) is 3.92. The number of thiocarbonyl (C=S) groups is 1. The normalized spacial score (nSPS) is 19.6. The molecule has 1 aliphatic heterocycles. The summed E-state index contributed by atoms with van der Waals surface area (Å²) in [5, 5.41) is 0. The van der Waals surface area contributed by atoms with Crippen LogP contribution >= 0.6 is 12.2 Å². The van der Waals surface area contributed by atoms with Crippen LogP contribution in [0.25, 0.3) is 0 Å². The number of ether oxygens (including phenoxy) is 1. The summed E-state index contributed by atoms with van der Waals surface area (Å²) in [6.45, 7) is 3.86. The third kappa shape index (κ3) is 3.65. The first-order chi connectivity index (χ1) is 9.82. The predicted octanol–water partition coefficient (Wildman–Crippen LogP) is 2.95. The second kappa shape index (κ2) is 6.19. The fourth-order valence-electron chi connectivity index (χ4n) is 2.38. The lowest BCUT2D eigenvalue weighted by Crippen LogP contribution is -2.42. The lowest BCUT2D eigenvalue weighted by Gasteiger charge is -2.34. The number of hydrogen-bond acceptors (Lipinski definition) is 3. The van der Waals surface area contributed by atoms with E-state index in [4.69, 9.17) is 22.7 Å². The van der Waals surface area contributed by atoms with Gasteiger partial charge in [-0.3, -0.25) is 0 Å². The molecule has 3 nitrogen and oxygen atoms in total. The second-order valence-electron chi connectivity index (χ2n) is 4.94. The number of benzene rings is 1. The molecular weight excluding hydrogens is 301 g/mol. The van der Waals surface area contributed by atoms with Gasteiger partial charge in [-0.25, -0.2) is 0 Å². The monoisotopic (exact) mass is 318 g/mol. The van der Waals surface area contributed by atoms with Crippen molar-refractivity contribution in [3.63, 3.8) is 0 Å². The van der Waals surface area contributed by atoms with E-state index in [0.717, 1.165) is 12.5 Å². The van der Waals surface area contributed by atoms with Crippen LogP contribution in [0, 0.1) is 0 Å². The van der Waals surface area contributed by atoms with Crippen LogP contribution in [0.3, 0.4) is 0 Å². The van der Waals surface area contributed by atoms with Crippen LogP contribution in [-0.4, -0.2) is 30.8 Å². The minimum absolute atomic E-state index is 0.0920. The molecule has 0 radical (unpaired) electrons. The molecule has 0 aliphatic carbocycles. The Kier molecular flexibility index (Phi) is 4.73. The summed E-state index contributed by atoms with van der Waals surface area (Å²) in [7, 11) is 0. The molecule has 1 unspecified atom stereocenters. The highest BCUT2D eigenvalue weighted by Gasteiger charge is 2.34. The highest BCUT2D eigenvalue weighted by Crippen LogP contribution is 2.34. The Morgan fingerprint density at radius 2 is 2.19 bits per heavy atom. The molecule has 2 rings (SSSR count). The van der Waals surface area contributed by atoms with Gasteiger partial charge in [-0.15, -0.1) is 0 Å². The SMILES string of the molecule is CCC1CN(c2ccc(C(F)(F)F)c(C(N)=S)c2)CCO1. The van der Waals surface area contributed by atoms with E-state index in [9.17, 15) is 13.2 Å². The van der Waals surface area contributed by atoms with Gasteiger partial charge in [0, 0.05) is 24.3 Å². The van der Waals surface area contributed by atoms with Crippen molar-refractivity contribution in [2.75, 3.05) is 24.6 Å². The van der Waals surface area contributed by atoms with E-state index < -0.39 is 11.7 Å². The van der Waals surface area contributed by atoms with Crippen molar-refractivity contribution in [1.29, 1.82) is 0 Å². The van der Waals surface area contributed by atoms with Gasteiger partial charge in [-0.2, -0.15) is 13.2 Å². The molecule has 1 saturated heterocycles. The van der Waals surface area contributed by atoms with E-state index in [2.05, 4.69) is 0 Å². The fraction of sp³-hybridized carbons (Fsp3) is 0.500. The Labute approximate surface area is 126 Å². The van der Waals surface area contributed by atoms with Crippen molar-refractivity contribution in [3.05, 3.63) is 29.3 Å². The van der Waals surface area contributed by atoms with Crippen molar-refractivity contribution in [2.45, 2.75) is 25.6 Å². The van der Waals surface area contributed by atoms with Crippen molar-refractivity contribution in [1.82, 2.24) is 0 Å². The van der Waals surface area contributed by atoms with Gasteiger partial charge in [0.1, 0.15) is 4.99 Å². The Balaban J connectivity index is 2.34. The average Bonchev–Trinajstić information content (AvgIpc) is 2.45. The topological polar surface area (TPSA) is 38.5 Å². The number of halogens is 3. The summed E-state index contributed by atoms with van der Waals surface area (Å²) in [5.74, 6) is 0. The zero-order chi connectivity index (χ0) is 15.6. The molecule has 1 aliphatic rings. The van der Waals surface area contributed by atoms with Gasteiger partial charge in [0.05, 0.1) is 18.3 Å². The van der Waals surface area contributed by atoms with Gasteiger partial charge >= 0.3 is 6.18 Å². The van der Waals surface area contributed by atoms with Crippen LogP contribution in [0.5, 0.6) is 0 Å². The molecule has 0 amide bonds. The minimum Gasteiger partial charge on any atom is -0.389 e. The minimum atomic E-state index is -4.46. The Morgan fingerprint density at radius 1 is 1.48 bits per heavy atom. The number of nitrogens with zero attached hydrogens (tertiary/aromatic N) is 1. The molecule has 0 saturated carbocycles. The summed E-state index contributed by atoms with van der Waals surface area (Å²) in [4.78, 5) is 1.75. The highest BCUT2D eigenvalue weighted by molar-refractivity contribution is 7.80. The standard InChI is InChI=1S/C14H17F3N2OS/c1-2-10-8-19(5-6-20-10)9-3-4-12(14(15,16)17)11(7-9)13(18)21/h3-4,7,10H,2,5-6,8H2,1H3,(H2,18,21). The third-order valence-corrected chi connectivity index (χ3v) is 3.75. The molecule has 2 N–H and O–H groups in total. The highest BCUT2D eigenvalue weighted by atomic mass is 32.1. The van der Waals surface area contributed by atoms with E-state index in [1.807, 2.05) is 11.8 Å². The molecule has 0 aromatic heterocycles. The molecule has 7 heteroatoms. The molecular formula is C14H17F3N2OS. The Morgan fingerprint density at radius 3 is 2.76 bits per heavy atom.